The quantitative estimate of drug-likeness (QED) is 0.170. The third-order valence-electron chi connectivity index (χ3n) is 3.27. The van der Waals surface area contributed by atoms with E-state index in [1.807, 2.05) is 0 Å². The number of nitro benzene ring substituents is 2. The lowest BCUT2D eigenvalue weighted by Gasteiger charge is -2.07. The van der Waals surface area contributed by atoms with Gasteiger partial charge in [-0.2, -0.15) is 0 Å². The number of benzene rings is 2. The first-order chi connectivity index (χ1) is 12.7. The summed E-state index contributed by atoms with van der Waals surface area (Å²) >= 11 is 0. The molecule has 0 bridgehead atoms. The smallest absolute Gasteiger partial charge is 0.317 e. The minimum Gasteiger partial charge on any atom is -0.550 e. The zero-order valence-electron chi connectivity index (χ0n) is 13.3. The fraction of sp³-hybridized carbons (Fsp3) is 0.0625. The van der Waals surface area contributed by atoms with Gasteiger partial charge in [-0.1, -0.05) is 0 Å². The third kappa shape index (κ3) is 4.69. The molecule has 27 heavy (non-hydrogen) atoms. The van der Waals surface area contributed by atoms with E-state index < -0.39 is 45.4 Å². The maximum Gasteiger partial charge on any atom is 0.317 e. The van der Waals surface area contributed by atoms with Crippen LogP contribution in [-0.2, 0) is 9.59 Å². The molecule has 0 aliphatic rings. The Morgan fingerprint density at radius 1 is 0.889 bits per heavy atom. The largest absolute Gasteiger partial charge is 0.550 e. The van der Waals surface area contributed by atoms with E-state index in [-0.39, 0.29) is 16.8 Å². The molecule has 0 aliphatic heterocycles. The van der Waals surface area contributed by atoms with Gasteiger partial charge in [0.2, 0.25) is 5.75 Å². The van der Waals surface area contributed by atoms with Gasteiger partial charge in [0.1, 0.15) is 0 Å². The standard InChI is InChI=1S/C16H10N2O9/c19-14(20)8-15(21)27-13-6-3-10(7-12(13)18(25)26)16(22)9-1-4-11(5-2-9)17(23)24/h1-7H,8H2,(H,19,20)/p-1. The molecule has 0 amide bonds. The van der Waals surface area contributed by atoms with Crippen molar-refractivity contribution in [2.75, 3.05) is 0 Å². The van der Waals surface area contributed by atoms with Crippen molar-refractivity contribution in [1.82, 2.24) is 0 Å². The number of carboxylic acid groups (broad SMARTS) is 1. The maximum absolute atomic E-state index is 12.4. The van der Waals surface area contributed by atoms with Gasteiger partial charge in [0, 0.05) is 29.3 Å². The van der Waals surface area contributed by atoms with Crippen LogP contribution in [-0.4, -0.2) is 27.6 Å². The van der Waals surface area contributed by atoms with Crippen LogP contribution in [0.15, 0.2) is 42.5 Å². The molecule has 0 fully saturated rings. The lowest BCUT2D eigenvalue weighted by Crippen LogP contribution is -2.27. The van der Waals surface area contributed by atoms with Crippen molar-refractivity contribution in [2.24, 2.45) is 0 Å². The van der Waals surface area contributed by atoms with Gasteiger partial charge in [0.25, 0.3) is 5.69 Å². The normalized spacial score (nSPS) is 10.1. The fourth-order valence-corrected chi connectivity index (χ4v) is 2.07. The van der Waals surface area contributed by atoms with E-state index in [1.165, 1.54) is 12.1 Å². The fourth-order valence-electron chi connectivity index (χ4n) is 2.07. The first kappa shape index (κ1) is 19.2. The number of non-ortho nitro benzene ring substituents is 1. The number of rotatable bonds is 7. The van der Waals surface area contributed by atoms with Crippen LogP contribution in [0.1, 0.15) is 22.3 Å². The Morgan fingerprint density at radius 3 is 2.00 bits per heavy atom. The van der Waals surface area contributed by atoms with Crippen molar-refractivity contribution in [1.29, 1.82) is 0 Å². The van der Waals surface area contributed by atoms with E-state index in [4.69, 9.17) is 0 Å². The van der Waals surface area contributed by atoms with Crippen LogP contribution >= 0.6 is 0 Å². The molecule has 0 saturated carbocycles. The minimum absolute atomic E-state index is 0.0524. The highest BCUT2D eigenvalue weighted by molar-refractivity contribution is 6.09. The van der Waals surface area contributed by atoms with Crippen LogP contribution < -0.4 is 9.84 Å². The third-order valence-corrected chi connectivity index (χ3v) is 3.27. The number of carbonyl (C=O) groups is 3. The highest BCUT2D eigenvalue weighted by Crippen LogP contribution is 2.29. The zero-order chi connectivity index (χ0) is 20.1. The van der Waals surface area contributed by atoms with Gasteiger partial charge in [-0.05, 0) is 24.3 Å². The number of hydrogen-bond donors (Lipinski definition) is 0. The molecule has 0 N–H and O–H groups in total. The lowest BCUT2D eigenvalue weighted by atomic mass is 10.0. The molecule has 11 heteroatoms. The second-order valence-corrected chi connectivity index (χ2v) is 5.10. The van der Waals surface area contributed by atoms with Gasteiger partial charge in [-0.15, -0.1) is 0 Å². The van der Waals surface area contributed by atoms with Crippen molar-refractivity contribution in [3.05, 3.63) is 73.8 Å². The average molecular weight is 373 g/mol. The summed E-state index contributed by atoms with van der Waals surface area (Å²) in [6.07, 6.45) is -1.10. The molecule has 2 aromatic rings. The van der Waals surface area contributed by atoms with Gasteiger partial charge in [-0.25, -0.2) is 0 Å². The Bertz CT molecular complexity index is 951. The number of hydrogen-bond acceptors (Lipinski definition) is 9. The van der Waals surface area contributed by atoms with Crippen molar-refractivity contribution in [2.45, 2.75) is 6.42 Å². The van der Waals surface area contributed by atoms with Gasteiger partial charge in [-0.3, -0.25) is 29.8 Å². The molecule has 2 rings (SSSR count). The summed E-state index contributed by atoms with van der Waals surface area (Å²) in [6, 6.07) is 7.57. The Morgan fingerprint density at radius 2 is 1.48 bits per heavy atom. The summed E-state index contributed by atoms with van der Waals surface area (Å²) in [5, 5.41) is 32.1. The first-order valence-electron chi connectivity index (χ1n) is 7.17. The average Bonchev–Trinajstić information content (AvgIpc) is 2.60. The van der Waals surface area contributed by atoms with Gasteiger partial charge in [0.15, 0.2) is 5.78 Å². The number of nitrogens with zero attached hydrogens (tertiary/aromatic N) is 2. The van der Waals surface area contributed by atoms with Crippen LogP contribution in [0.5, 0.6) is 5.75 Å². The number of ketones is 1. The molecule has 0 spiro atoms. The number of nitro groups is 2. The summed E-state index contributed by atoms with van der Waals surface area (Å²) in [5.41, 5.74) is -1.03. The summed E-state index contributed by atoms with van der Waals surface area (Å²) in [7, 11) is 0. The number of esters is 1. The van der Waals surface area contributed by atoms with Crippen molar-refractivity contribution < 1.29 is 34.1 Å². The Labute approximate surface area is 150 Å². The predicted molar refractivity (Wildman–Crippen MR) is 84.9 cm³/mol. The van der Waals surface area contributed by atoms with E-state index in [1.54, 1.807) is 0 Å². The molecular formula is C16H9N2O9-. The van der Waals surface area contributed by atoms with E-state index in [0.717, 1.165) is 30.3 Å². The molecule has 11 nitrogen and oxygen atoms in total. The number of ether oxygens (including phenoxy) is 1. The van der Waals surface area contributed by atoms with Crippen LogP contribution in [0.3, 0.4) is 0 Å². The van der Waals surface area contributed by atoms with E-state index >= 15 is 0 Å². The van der Waals surface area contributed by atoms with Crippen LogP contribution in [0, 0.1) is 20.2 Å². The lowest BCUT2D eigenvalue weighted by molar-refractivity contribution is -0.385. The van der Waals surface area contributed by atoms with Crippen LogP contribution in [0.4, 0.5) is 11.4 Å². The second-order valence-electron chi connectivity index (χ2n) is 5.10. The second kappa shape index (κ2) is 7.82. The minimum atomic E-state index is -1.72. The Kier molecular flexibility index (Phi) is 5.56. The molecule has 0 aliphatic carbocycles. The summed E-state index contributed by atoms with van der Waals surface area (Å²) in [5.74, 6) is -4.17. The Balaban J connectivity index is 2.32. The molecule has 0 radical (unpaired) electrons. The first-order valence-corrected chi connectivity index (χ1v) is 7.17. The van der Waals surface area contributed by atoms with Gasteiger partial charge >= 0.3 is 11.7 Å². The summed E-state index contributed by atoms with van der Waals surface area (Å²) < 4.78 is 4.61. The Hall–Kier alpha value is -4.15. The number of carbonyl (C=O) groups excluding carboxylic acids is 3. The molecule has 0 unspecified atom stereocenters. The predicted octanol–water partition coefficient (Wildman–Crippen LogP) is 0.779. The topological polar surface area (TPSA) is 170 Å². The van der Waals surface area contributed by atoms with Gasteiger partial charge < -0.3 is 14.6 Å². The van der Waals surface area contributed by atoms with Crippen molar-refractivity contribution in [3.63, 3.8) is 0 Å². The molecule has 0 saturated heterocycles. The van der Waals surface area contributed by atoms with E-state index in [2.05, 4.69) is 4.74 Å². The van der Waals surface area contributed by atoms with E-state index in [0.29, 0.717) is 0 Å². The van der Waals surface area contributed by atoms with Crippen LogP contribution in [0.2, 0.25) is 0 Å². The molecule has 138 valence electrons. The zero-order valence-corrected chi connectivity index (χ0v) is 13.3. The molecular weight excluding hydrogens is 364 g/mol. The van der Waals surface area contributed by atoms with E-state index in [9.17, 15) is 39.7 Å². The monoisotopic (exact) mass is 373 g/mol. The van der Waals surface area contributed by atoms with Crippen molar-refractivity contribution >= 4 is 29.1 Å². The summed E-state index contributed by atoms with van der Waals surface area (Å²) in [4.78, 5) is 54.3. The van der Waals surface area contributed by atoms with Crippen molar-refractivity contribution in [3.8, 4) is 5.75 Å². The summed E-state index contributed by atoms with van der Waals surface area (Å²) in [6.45, 7) is 0. The molecule has 0 atom stereocenters. The van der Waals surface area contributed by atoms with Crippen LogP contribution in [0.25, 0.3) is 0 Å². The number of carboxylic acids is 1. The highest BCUT2D eigenvalue weighted by Gasteiger charge is 2.22. The number of aliphatic carboxylic acids is 1. The molecule has 2 aromatic carbocycles. The SMILES string of the molecule is O=C([O-])CC(=O)Oc1ccc(C(=O)c2ccc([N+](=O)[O-])cc2)cc1[N+](=O)[O-]. The molecule has 0 aromatic heterocycles. The van der Waals surface area contributed by atoms with Gasteiger partial charge in [0.05, 0.1) is 22.2 Å². The molecule has 0 heterocycles. The highest BCUT2D eigenvalue weighted by atomic mass is 16.6. The maximum atomic E-state index is 12.4.